The van der Waals surface area contributed by atoms with Crippen LogP contribution < -0.4 is 4.90 Å². The maximum atomic E-state index is 14.0. The van der Waals surface area contributed by atoms with Gasteiger partial charge in [-0.25, -0.2) is 0 Å². The van der Waals surface area contributed by atoms with Crippen molar-refractivity contribution in [2.24, 2.45) is 0 Å². The lowest BCUT2D eigenvalue weighted by Gasteiger charge is -2.46. The number of carbonyl (C=O) groups is 1. The van der Waals surface area contributed by atoms with Gasteiger partial charge in [-0.05, 0) is 57.6 Å². The predicted octanol–water partition coefficient (Wildman–Crippen LogP) is 9.72. The summed E-state index contributed by atoms with van der Waals surface area (Å²) in [5.74, 6) is 0.0910. The van der Waals surface area contributed by atoms with Crippen LogP contribution in [0.15, 0.2) is 152 Å². The van der Waals surface area contributed by atoms with E-state index in [0.717, 1.165) is 39.3 Å². The van der Waals surface area contributed by atoms with Crippen LogP contribution in [0.3, 0.4) is 0 Å². The Labute approximate surface area is 252 Å². The molecule has 1 aliphatic heterocycles. The molecule has 0 saturated heterocycles. The van der Waals surface area contributed by atoms with Gasteiger partial charge in [-0.15, -0.1) is 0 Å². The first kappa shape index (κ1) is 25.5. The van der Waals surface area contributed by atoms with E-state index >= 15 is 0 Å². The third-order valence-corrected chi connectivity index (χ3v) is 9.54. The van der Waals surface area contributed by atoms with E-state index in [1.54, 1.807) is 0 Å². The lowest BCUT2D eigenvalue weighted by Crippen LogP contribution is -2.37. The maximum Gasteiger partial charge on any atom is 0.193 e. The van der Waals surface area contributed by atoms with Crippen molar-refractivity contribution >= 4 is 22.8 Å². The molecule has 0 bridgehead atoms. The number of nitrogens with zero attached hydrogens (tertiary/aromatic N) is 1. The van der Waals surface area contributed by atoms with E-state index < -0.39 is 5.41 Å². The molecule has 2 nitrogen and oxygen atoms in total. The van der Waals surface area contributed by atoms with Crippen molar-refractivity contribution in [2.45, 2.75) is 24.7 Å². The van der Waals surface area contributed by atoms with Gasteiger partial charge in [0.05, 0.1) is 16.8 Å². The number of anilines is 3. The molecule has 6 aromatic rings. The topological polar surface area (TPSA) is 20.3 Å². The molecule has 43 heavy (non-hydrogen) atoms. The van der Waals surface area contributed by atoms with Crippen LogP contribution in [-0.4, -0.2) is 5.78 Å². The van der Waals surface area contributed by atoms with E-state index in [-0.39, 0.29) is 11.2 Å². The van der Waals surface area contributed by atoms with Gasteiger partial charge in [-0.3, -0.25) is 4.79 Å². The summed E-state index contributed by atoms with van der Waals surface area (Å²) in [6, 6.07) is 53.6. The molecule has 6 aromatic carbocycles. The number of ketones is 1. The molecule has 2 aliphatic rings. The SMILES string of the molecule is CC1(C)c2ccccc2C(=O)c2cc(N3c4ccccc4C(c4ccccc4)(c4ccccc4)c4ccccc43)ccc21. The van der Waals surface area contributed by atoms with Crippen LogP contribution >= 0.6 is 0 Å². The fourth-order valence-corrected chi connectivity index (χ4v) is 7.61. The van der Waals surface area contributed by atoms with Crippen LogP contribution in [0, 0.1) is 0 Å². The normalized spacial score (nSPS) is 15.6. The molecule has 0 unspecified atom stereocenters. The van der Waals surface area contributed by atoms with Gasteiger partial charge in [0.25, 0.3) is 0 Å². The zero-order valence-corrected chi connectivity index (χ0v) is 24.3. The minimum Gasteiger partial charge on any atom is -0.310 e. The molecule has 0 fully saturated rings. The summed E-state index contributed by atoms with van der Waals surface area (Å²) in [5.41, 5.74) is 11.0. The highest BCUT2D eigenvalue weighted by Crippen LogP contribution is 2.57. The highest BCUT2D eigenvalue weighted by Gasteiger charge is 2.46. The van der Waals surface area contributed by atoms with Crippen LogP contribution in [0.1, 0.15) is 63.1 Å². The lowest BCUT2D eigenvalue weighted by atomic mass is 9.62. The Morgan fingerprint density at radius 2 is 0.930 bits per heavy atom. The van der Waals surface area contributed by atoms with Crippen LogP contribution in [0.4, 0.5) is 17.1 Å². The van der Waals surface area contributed by atoms with E-state index in [1.807, 2.05) is 18.2 Å². The summed E-state index contributed by atoms with van der Waals surface area (Å²) >= 11 is 0. The van der Waals surface area contributed by atoms with Gasteiger partial charge in [-0.1, -0.05) is 141 Å². The highest BCUT2D eigenvalue weighted by molar-refractivity contribution is 6.14. The first-order valence-corrected chi connectivity index (χ1v) is 14.9. The van der Waals surface area contributed by atoms with Gasteiger partial charge in [0.15, 0.2) is 5.78 Å². The first-order valence-electron chi connectivity index (χ1n) is 14.9. The van der Waals surface area contributed by atoms with E-state index in [9.17, 15) is 4.79 Å². The molecule has 1 heterocycles. The number of rotatable bonds is 3. The highest BCUT2D eigenvalue weighted by atomic mass is 16.1. The van der Waals surface area contributed by atoms with Crippen molar-refractivity contribution in [3.05, 3.63) is 196 Å². The monoisotopic (exact) mass is 553 g/mol. The molecule has 0 amide bonds. The third kappa shape index (κ3) is 3.50. The predicted molar refractivity (Wildman–Crippen MR) is 175 cm³/mol. The van der Waals surface area contributed by atoms with Gasteiger partial charge in [0.2, 0.25) is 0 Å². The number of para-hydroxylation sites is 2. The Kier molecular flexibility index (Phi) is 5.58. The number of benzene rings is 6. The van der Waals surface area contributed by atoms with Crippen LogP contribution in [0.25, 0.3) is 0 Å². The standard InChI is InChI=1S/C41H31NO/c1-40(2)33-20-10-9-19-31(33)39(43)32-27-30(25-26-34(32)40)42-37-23-13-11-21-35(37)41(28-15-5-3-6-16-28,29-17-7-4-8-18-29)36-22-12-14-24-38(36)42/h3-27H,1-2H3. The average molecular weight is 554 g/mol. The van der Waals surface area contributed by atoms with E-state index in [1.165, 1.54) is 22.3 Å². The molecule has 2 heteroatoms. The second-order valence-electron chi connectivity index (χ2n) is 12.1. The van der Waals surface area contributed by atoms with Crippen molar-refractivity contribution in [2.75, 3.05) is 4.90 Å². The molecule has 0 atom stereocenters. The smallest absolute Gasteiger partial charge is 0.193 e. The van der Waals surface area contributed by atoms with Crippen molar-refractivity contribution in [1.29, 1.82) is 0 Å². The number of hydrogen-bond acceptors (Lipinski definition) is 2. The van der Waals surface area contributed by atoms with Crippen LogP contribution in [0.2, 0.25) is 0 Å². The average Bonchev–Trinajstić information content (AvgIpc) is 3.07. The van der Waals surface area contributed by atoms with E-state index in [0.29, 0.717) is 0 Å². The summed E-state index contributed by atoms with van der Waals surface area (Å²) in [6.07, 6.45) is 0. The molecular formula is C41H31NO. The van der Waals surface area contributed by atoms with Gasteiger partial charge in [0.1, 0.15) is 0 Å². The van der Waals surface area contributed by atoms with Gasteiger partial charge < -0.3 is 4.90 Å². The second kappa shape index (κ2) is 9.40. The van der Waals surface area contributed by atoms with Gasteiger partial charge in [-0.2, -0.15) is 0 Å². The van der Waals surface area contributed by atoms with Crippen molar-refractivity contribution in [3.63, 3.8) is 0 Å². The Hall–Kier alpha value is -5.21. The molecular weight excluding hydrogens is 522 g/mol. The van der Waals surface area contributed by atoms with Gasteiger partial charge in [0, 0.05) is 22.2 Å². The lowest BCUT2D eigenvalue weighted by molar-refractivity contribution is 0.103. The minimum atomic E-state index is -0.517. The fourth-order valence-electron chi connectivity index (χ4n) is 7.61. The zero-order valence-electron chi connectivity index (χ0n) is 24.3. The summed E-state index contributed by atoms with van der Waals surface area (Å²) in [5, 5.41) is 0. The van der Waals surface area contributed by atoms with Crippen LogP contribution in [-0.2, 0) is 10.8 Å². The van der Waals surface area contributed by atoms with Crippen molar-refractivity contribution in [1.82, 2.24) is 0 Å². The van der Waals surface area contributed by atoms with E-state index in [2.05, 4.69) is 152 Å². The Balaban J connectivity index is 1.41. The summed E-state index contributed by atoms with van der Waals surface area (Å²) in [7, 11) is 0. The Morgan fingerprint density at radius 1 is 0.465 bits per heavy atom. The third-order valence-electron chi connectivity index (χ3n) is 9.54. The number of hydrogen-bond donors (Lipinski definition) is 0. The van der Waals surface area contributed by atoms with Gasteiger partial charge >= 0.3 is 0 Å². The molecule has 0 saturated carbocycles. The Morgan fingerprint density at radius 3 is 1.51 bits per heavy atom. The minimum absolute atomic E-state index is 0.0910. The molecule has 0 spiro atoms. The second-order valence-corrected chi connectivity index (χ2v) is 12.1. The summed E-state index contributed by atoms with van der Waals surface area (Å²) in [6.45, 7) is 4.44. The molecule has 0 radical (unpaired) electrons. The molecule has 0 aromatic heterocycles. The fraction of sp³-hybridized carbons (Fsp3) is 0.0976. The summed E-state index contributed by atoms with van der Waals surface area (Å²) in [4.78, 5) is 16.3. The number of carbonyl (C=O) groups excluding carboxylic acids is 1. The molecule has 206 valence electrons. The molecule has 1 aliphatic carbocycles. The zero-order chi connectivity index (χ0) is 29.2. The quantitative estimate of drug-likeness (QED) is 0.217. The number of fused-ring (bicyclic) bond motifs is 4. The largest absolute Gasteiger partial charge is 0.310 e. The maximum absolute atomic E-state index is 14.0. The van der Waals surface area contributed by atoms with E-state index in [4.69, 9.17) is 0 Å². The molecule has 0 N–H and O–H groups in total. The van der Waals surface area contributed by atoms with Crippen molar-refractivity contribution in [3.8, 4) is 0 Å². The first-order chi connectivity index (χ1) is 21.0. The summed E-state index contributed by atoms with van der Waals surface area (Å²) < 4.78 is 0. The van der Waals surface area contributed by atoms with Crippen molar-refractivity contribution < 1.29 is 4.79 Å². The Bertz CT molecular complexity index is 1930. The molecule has 8 rings (SSSR count). The van der Waals surface area contributed by atoms with Crippen LogP contribution in [0.5, 0.6) is 0 Å².